The van der Waals surface area contributed by atoms with Crippen molar-refractivity contribution in [2.75, 3.05) is 5.32 Å². The first-order valence-corrected chi connectivity index (χ1v) is 7.48. The van der Waals surface area contributed by atoms with Gasteiger partial charge in [-0.3, -0.25) is 4.79 Å². The Bertz CT molecular complexity index is 501. The summed E-state index contributed by atoms with van der Waals surface area (Å²) in [6, 6.07) is 7.40. The van der Waals surface area contributed by atoms with E-state index in [0.717, 1.165) is 10.9 Å². The van der Waals surface area contributed by atoms with Gasteiger partial charge in [0, 0.05) is 10.9 Å². The molecule has 0 aromatic heterocycles. The number of hydrogen-bond acceptors (Lipinski definition) is 2. The fourth-order valence-electron chi connectivity index (χ4n) is 2.56. The highest BCUT2D eigenvalue weighted by molar-refractivity contribution is 9.10. The molecule has 1 aromatic rings. The zero-order chi connectivity index (χ0) is 13.7. The fourth-order valence-corrected chi connectivity index (χ4v) is 2.93. The van der Waals surface area contributed by atoms with Crippen LogP contribution in [0.2, 0.25) is 0 Å². The molecule has 100 valence electrons. The molecule has 0 radical (unpaired) electrons. The van der Waals surface area contributed by atoms with E-state index >= 15 is 0 Å². The van der Waals surface area contributed by atoms with Crippen molar-refractivity contribution in [1.29, 1.82) is 5.26 Å². The molecule has 4 heteroatoms. The molecular formula is C15H17BrN2O. The topological polar surface area (TPSA) is 52.9 Å². The van der Waals surface area contributed by atoms with Crippen LogP contribution < -0.4 is 5.32 Å². The molecule has 1 aliphatic carbocycles. The van der Waals surface area contributed by atoms with Gasteiger partial charge in [0.2, 0.25) is 5.91 Å². The Morgan fingerprint density at radius 1 is 1.42 bits per heavy atom. The summed E-state index contributed by atoms with van der Waals surface area (Å²) in [6.07, 6.45) is 6.63. The molecule has 1 aliphatic rings. The van der Waals surface area contributed by atoms with Crippen molar-refractivity contribution in [1.82, 2.24) is 0 Å². The molecular weight excluding hydrogens is 304 g/mol. The minimum Gasteiger partial charge on any atom is -0.325 e. The van der Waals surface area contributed by atoms with Crippen LogP contribution in [-0.2, 0) is 4.79 Å². The third-order valence-corrected chi connectivity index (χ3v) is 4.12. The maximum Gasteiger partial charge on any atom is 0.224 e. The van der Waals surface area contributed by atoms with E-state index in [-0.39, 0.29) is 5.91 Å². The van der Waals surface area contributed by atoms with Crippen molar-refractivity contribution >= 4 is 27.5 Å². The maximum absolute atomic E-state index is 11.9. The van der Waals surface area contributed by atoms with Gasteiger partial charge in [-0.15, -0.1) is 0 Å². The summed E-state index contributed by atoms with van der Waals surface area (Å²) in [5, 5.41) is 11.9. The number of nitrogens with zero attached hydrogens (tertiary/aromatic N) is 1. The molecule has 1 aromatic carbocycles. The zero-order valence-electron chi connectivity index (χ0n) is 10.8. The SMILES string of the molecule is N#Cc1cc(Br)ccc1NC(=O)CCC1CCCC1. The van der Waals surface area contributed by atoms with Crippen molar-refractivity contribution in [2.45, 2.75) is 38.5 Å². The summed E-state index contributed by atoms with van der Waals surface area (Å²) >= 11 is 3.31. The lowest BCUT2D eigenvalue weighted by atomic mass is 10.0. The van der Waals surface area contributed by atoms with Crippen LogP contribution in [0.5, 0.6) is 0 Å². The molecule has 3 nitrogen and oxygen atoms in total. The van der Waals surface area contributed by atoms with Crippen LogP contribution in [0.4, 0.5) is 5.69 Å². The number of benzene rings is 1. The molecule has 2 rings (SSSR count). The van der Waals surface area contributed by atoms with Crippen molar-refractivity contribution in [2.24, 2.45) is 5.92 Å². The molecule has 0 spiro atoms. The Morgan fingerprint density at radius 2 is 2.16 bits per heavy atom. The predicted molar refractivity (Wildman–Crippen MR) is 78.7 cm³/mol. The first-order chi connectivity index (χ1) is 9.19. The molecule has 19 heavy (non-hydrogen) atoms. The standard InChI is InChI=1S/C15H17BrN2O/c16-13-6-7-14(12(9-13)10-17)18-15(19)8-5-11-3-1-2-4-11/h6-7,9,11H,1-5,8H2,(H,18,19). The summed E-state index contributed by atoms with van der Waals surface area (Å²) in [4.78, 5) is 11.9. The fraction of sp³-hybridized carbons (Fsp3) is 0.467. The van der Waals surface area contributed by atoms with Gasteiger partial charge in [0.05, 0.1) is 11.3 Å². The van der Waals surface area contributed by atoms with Gasteiger partial charge in [0.25, 0.3) is 0 Å². The van der Waals surface area contributed by atoms with Crippen LogP contribution in [0.1, 0.15) is 44.1 Å². The lowest BCUT2D eigenvalue weighted by Crippen LogP contribution is -2.13. The van der Waals surface area contributed by atoms with Gasteiger partial charge >= 0.3 is 0 Å². The Labute approximate surface area is 122 Å². The zero-order valence-corrected chi connectivity index (χ0v) is 12.4. The normalized spacial score (nSPS) is 15.2. The number of carbonyl (C=O) groups is 1. The number of amides is 1. The van der Waals surface area contributed by atoms with E-state index in [9.17, 15) is 4.79 Å². The van der Waals surface area contributed by atoms with Gasteiger partial charge in [0.1, 0.15) is 6.07 Å². The van der Waals surface area contributed by atoms with Crippen LogP contribution in [0, 0.1) is 17.2 Å². The van der Waals surface area contributed by atoms with Crippen LogP contribution in [0.25, 0.3) is 0 Å². The second kappa shape index (κ2) is 6.72. The van der Waals surface area contributed by atoms with Crippen LogP contribution in [-0.4, -0.2) is 5.91 Å². The highest BCUT2D eigenvalue weighted by Gasteiger charge is 2.16. The van der Waals surface area contributed by atoms with Crippen LogP contribution >= 0.6 is 15.9 Å². The predicted octanol–water partition coefficient (Wildman–Crippen LogP) is 4.23. The van der Waals surface area contributed by atoms with E-state index in [2.05, 4.69) is 27.3 Å². The Balaban J connectivity index is 1.89. The average Bonchev–Trinajstić information content (AvgIpc) is 2.91. The molecule has 0 bridgehead atoms. The van der Waals surface area contributed by atoms with Gasteiger partial charge in [-0.1, -0.05) is 41.6 Å². The molecule has 0 heterocycles. The van der Waals surface area contributed by atoms with E-state index in [1.54, 1.807) is 12.1 Å². The summed E-state index contributed by atoms with van der Waals surface area (Å²) in [6.45, 7) is 0. The quantitative estimate of drug-likeness (QED) is 0.902. The largest absolute Gasteiger partial charge is 0.325 e. The minimum atomic E-state index is 0.00530. The number of carbonyl (C=O) groups excluding carboxylic acids is 1. The highest BCUT2D eigenvalue weighted by Crippen LogP contribution is 2.28. The highest BCUT2D eigenvalue weighted by atomic mass is 79.9. The van der Waals surface area contributed by atoms with Gasteiger partial charge < -0.3 is 5.32 Å². The van der Waals surface area contributed by atoms with Gasteiger partial charge in [-0.25, -0.2) is 0 Å². The number of hydrogen-bond donors (Lipinski definition) is 1. The van der Waals surface area contributed by atoms with Crippen molar-refractivity contribution in [3.05, 3.63) is 28.2 Å². The Morgan fingerprint density at radius 3 is 2.84 bits per heavy atom. The third kappa shape index (κ3) is 4.07. The van der Waals surface area contributed by atoms with E-state index in [4.69, 9.17) is 5.26 Å². The van der Waals surface area contributed by atoms with E-state index in [1.807, 2.05) is 6.07 Å². The van der Waals surface area contributed by atoms with Crippen molar-refractivity contribution < 1.29 is 4.79 Å². The van der Waals surface area contributed by atoms with E-state index in [1.165, 1.54) is 25.7 Å². The third-order valence-electron chi connectivity index (χ3n) is 3.63. The Hall–Kier alpha value is -1.34. The molecule has 1 fully saturated rings. The molecule has 0 aliphatic heterocycles. The monoisotopic (exact) mass is 320 g/mol. The number of halogens is 1. The lowest BCUT2D eigenvalue weighted by molar-refractivity contribution is -0.116. The maximum atomic E-state index is 11.9. The molecule has 1 saturated carbocycles. The lowest BCUT2D eigenvalue weighted by Gasteiger charge is -2.10. The summed E-state index contributed by atoms with van der Waals surface area (Å²) < 4.78 is 0.841. The first-order valence-electron chi connectivity index (χ1n) is 6.68. The number of rotatable bonds is 4. The average molecular weight is 321 g/mol. The molecule has 1 N–H and O–H groups in total. The van der Waals surface area contributed by atoms with E-state index < -0.39 is 0 Å². The van der Waals surface area contributed by atoms with Gasteiger partial charge in [0.15, 0.2) is 0 Å². The smallest absolute Gasteiger partial charge is 0.224 e. The molecule has 0 saturated heterocycles. The molecule has 0 atom stereocenters. The molecule has 1 amide bonds. The number of anilines is 1. The van der Waals surface area contributed by atoms with Crippen LogP contribution in [0.15, 0.2) is 22.7 Å². The second-order valence-electron chi connectivity index (χ2n) is 5.04. The second-order valence-corrected chi connectivity index (χ2v) is 5.95. The summed E-state index contributed by atoms with van der Waals surface area (Å²) in [5.74, 6) is 0.719. The van der Waals surface area contributed by atoms with Gasteiger partial charge in [-0.05, 0) is 30.5 Å². The first kappa shape index (κ1) is 14.1. The van der Waals surface area contributed by atoms with Gasteiger partial charge in [-0.2, -0.15) is 5.26 Å². The number of nitriles is 1. The van der Waals surface area contributed by atoms with Crippen molar-refractivity contribution in [3.8, 4) is 6.07 Å². The molecule has 0 unspecified atom stereocenters. The Kier molecular flexibility index (Phi) is 4.98. The van der Waals surface area contributed by atoms with E-state index in [0.29, 0.717) is 23.6 Å². The van der Waals surface area contributed by atoms with Crippen LogP contribution in [0.3, 0.4) is 0 Å². The summed E-state index contributed by atoms with van der Waals surface area (Å²) in [7, 11) is 0. The van der Waals surface area contributed by atoms with Crippen molar-refractivity contribution in [3.63, 3.8) is 0 Å². The minimum absolute atomic E-state index is 0.00530. The number of nitrogens with one attached hydrogen (secondary N) is 1. The summed E-state index contributed by atoms with van der Waals surface area (Å²) in [5.41, 5.74) is 1.09.